The van der Waals surface area contributed by atoms with Gasteiger partial charge in [-0.2, -0.15) is 5.10 Å². The van der Waals surface area contributed by atoms with Crippen LogP contribution in [0, 0.1) is 0 Å². The second kappa shape index (κ2) is 7.59. The molecule has 3 aromatic rings. The summed E-state index contributed by atoms with van der Waals surface area (Å²) in [5.74, 6) is -0.127. The number of rotatable bonds is 4. The van der Waals surface area contributed by atoms with Crippen molar-refractivity contribution in [3.8, 4) is 0 Å². The minimum atomic E-state index is -0.127. The summed E-state index contributed by atoms with van der Waals surface area (Å²) >= 11 is 8.56. The third-order valence-corrected chi connectivity index (χ3v) is 6.01. The number of carbonyl (C=O) groups excluding carboxylic acids is 1. The van der Waals surface area contributed by atoms with Crippen molar-refractivity contribution in [3.63, 3.8) is 0 Å². The Morgan fingerprint density at radius 1 is 1.08 bits per heavy atom. The summed E-state index contributed by atoms with van der Waals surface area (Å²) in [7, 11) is 0. The first kappa shape index (κ1) is 17.3. The van der Waals surface area contributed by atoms with Crippen molar-refractivity contribution < 1.29 is 4.79 Å². The highest BCUT2D eigenvalue weighted by Gasteiger charge is 2.09. The van der Waals surface area contributed by atoms with Crippen LogP contribution in [0.3, 0.4) is 0 Å². The summed E-state index contributed by atoms with van der Waals surface area (Å²) in [6.07, 6.45) is 0.290. The standard InChI is InChI=1S/C18H14Br2N2OS/c1-11(16-8-9-17(20)24-16)21-22-18(23)10-12-6-7-15(19)14-5-3-2-4-13(12)14/h2-9H,10H2,1H3,(H,22,23)/b21-11+. The second-order valence-corrected chi connectivity index (χ2v) is 8.58. The summed E-state index contributed by atoms with van der Waals surface area (Å²) in [6.45, 7) is 1.88. The first-order chi connectivity index (χ1) is 11.5. The first-order valence-corrected chi connectivity index (χ1v) is 9.70. The van der Waals surface area contributed by atoms with Crippen molar-refractivity contribution in [2.24, 2.45) is 5.10 Å². The number of nitrogens with zero attached hydrogens (tertiary/aromatic N) is 1. The zero-order chi connectivity index (χ0) is 17.1. The van der Waals surface area contributed by atoms with Crippen LogP contribution in [0.15, 0.2) is 61.9 Å². The smallest absolute Gasteiger partial charge is 0.244 e. The topological polar surface area (TPSA) is 41.5 Å². The molecule has 1 aromatic heterocycles. The molecule has 0 unspecified atom stereocenters. The number of halogens is 2. The molecule has 0 spiro atoms. The van der Waals surface area contributed by atoms with Crippen LogP contribution in [0.25, 0.3) is 10.8 Å². The van der Waals surface area contributed by atoms with E-state index >= 15 is 0 Å². The minimum Gasteiger partial charge on any atom is -0.273 e. The van der Waals surface area contributed by atoms with Crippen molar-refractivity contribution in [2.75, 3.05) is 0 Å². The van der Waals surface area contributed by atoms with Gasteiger partial charge in [0.1, 0.15) is 0 Å². The lowest BCUT2D eigenvalue weighted by Crippen LogP contribution is -2.21. The number of hydrogen-bond acceptors (Lipinski definition) is 3. The number of hydrogen-bond donors (Lipinski definition) is 1. The van der Waals surface area contributed by atoms with Gasteiger partial charge in [-0.05, 0) is 57.4 Å². The number of amides is 1. The van der Waals surface area contributed by atoms with Gasteiger partial charge >= 0.3 is 0 Å². The zero-order valence-electron chi connectivity index (χ0n) is 12.8. The molecule has 1 amide bonds. The maximum absolute atomic E-state index is 12.2. The van der Waals surface area contributed by atoms with E-state index in [0.717, 1.165) is 35.2 Å². The molecule has 0 aliphatic heterocycles. The van der Waals surface area contributed by atoms with Crippen molar-refractivity contribution in [2.45, 2.75) is 13.3 Å². The van der Waals surface area contributed by atoms with Crippen LogP contribution in [0.2, 0.25) is 0 Å². The highest BCUT2D eigenvalue weighted by atomic mass is 79.9. The maximum atomic E-state index is 12.2. The van der Waals surface area contributed by atoms with Crippen LogP contribution in [0.5, 0.6) is 0 Å². The van der Waals surface area contributed by atoms with E-state index in [2.05, 4.69) is 42.4 Å². The van der Waals surface area contributed by atoms with Crippen LogP contribution < -0.4 is 5.43 Å². The monoisotopic (exact) mass is 464 g/mol. The molecule has 0 fully saturated rings. The molecule has 1 N–H and O–H groups in total. The molecule has 3 rings (SSSR count). The van der Waals surface area contributed by atoms with Crippen molar-refractivity contribution in [3.05, 3.63) is 67.2 Å². The van der Waals surface area contributed by atoms with Crippen LogP contribution in [0.1, 0.15) is 17.4 Å². The highest BCUT2D eigenvalue weighted by Crippen LogP contribution is 2.27. The third-order valence-electron chi connectivity index (χ3n) is 3.59. The van der Waals surface area contributed by atoms with Gasteiger partial charge in [0.2, 0.25) is 5.91 Å². The third kappa shape index (κ3) is 3.94. The summed E-state index contributed by atoms with van der Waals surface area (Å²) in [5.41, 5.74) is 4.42. The van der Waals surface area contributed by atoms with E-state index in [4.69, 9.17) is 0 Å². The molecule has 0 aliphatic rings. The second-order valence-electron chi connectivity index (χ2n) is 5.26. The number of hydrazone groups is 1. The summed E-state index contributed by atoms with van der Waals surface area (Å²) in [4.78, 5) is 13.3. The lowest BCUT2D eigenvalue weighted by Gasteiger charge is -2.08. The van der Waals surface area contributed by atoms with E-state index in [1.807, 2.05) is 55.5 Å². The van der Waals surface area contributed by atoms with Crippen molar-refractivity contribution in [1.82, 2.24) is 5.43 Å². The van der Waals surface area contributed by atoms with Gasteiger partial charge < -0.3 is 0 Å². The Labute approximate surface area is 161 Å². The van der Waals surface area contributed by atoms with Gasteiger partial charge in [-0.25, -0.2) is 5.43 Å². The van der Waals surface area contributed by atoms with Gasteiger partial charge in [0, 0.05) is 4.47 Å². The molecule has 0 saturated carbocycles. The SMILES string of the molecule is C/C(=N\NC(=O)Cc1ccc(Br)c2ccccc12)c1ccc(Br)s1. The van der Waals surface area contributed by atoms with E-state index in [0.29, 0.717) is 6.42 Å². The molecule has 1 heterocycles. The Balaban J connectivity index is 1.75. The summed E-state index contributed by atoms with van der Waals surface area (Å²) < 4.78 is 2.07. The quantitative estimate of drug-likeness (QED) is 0.400. The molecule has 0 aliphatic carbocycles. The molecular weight excluding hydrogens is 452 g/mol. The molecule has 2 aromatic carbocycles. The van der Waals surface area contributed by atoms with Crippen LogP contribution in [-0.2, 0) is 11.2 Å². The molecule has 122 valence electrons. The van der Waals surface area contributed by atoms with E-state index in [1.165, 1.54) is 0 Å². The largest absolute Gasteiger partial charge is 0.273 e. The average molecular weight is 466 g/mol. The fourth-order valence-electron chi connectivity index (χ4n) is 2.40. The Kier molecular flexibility index (Phi) is 5.48. The molecule has 0 atom stereocenters. The van der Waals surface area contributed by atoms with Gasteiger partial charge in [-0.15, -0.1) is 11.3 Å². The first-order valence-electron chi connectivity index (χ1n) is 7.29. The lowest BCUT2D eigenvalue weighted by molar-refractivity contribution is -0.120. The highest BCUT2D eigenvalue weighted by molar-refractivity contribution is 9.11. The molecule has 0 radical (unpaired) electrons. The minimum absolute atomic E-state index is 0.127. The molecule has 3 nitrogen and oxygen atoms in total. The Morgan fingerprint density at radius 2 is 1.83 bits per heavy atom. The number of thiophene rings is 1. The molecule has 0 bridgehead atoms. The fraction of sp³-hybridized carbons (Fsp3) is 0.111. The molecule has 24 heavy (non-hydrogen) atoms. The number of benzene rings is 2. The Morgan fingerprint density at radius 3 is 2.54 bits per heavy atom. The van der Waals surface area contributed by atoms with Crippen LogP contribution in [-0.4, -0.2) is 11.6 Å². The predicted octanol–water partition coefficient (Wildman–Crippen LogP) is 5.51. The Bertz CT molecular complexity index is 934. The van der Waals surface area contributed by atoms with Gasteiger partial charge in [-0.1, -0.05) is 46.3 Å². The number of fused-ring (bicyclic) bond motifs is 1. The lowest BCUT2D eigenvalue weighted by atomic mass is 10.0. The van der Waals surface area contributed by atoms with Gasteiger partial charge in [0.15, 0.2) is 0 Å². The summed E-state index contributed by atoms with van der Waals surface area (Å²) in [6, 6.07) is 15.9. The Hall–Kier alpha value is -1.50. The zero-order valence-corrected chi connectivity index (χ0v) is 16.8. The van der Waals surface area contributed by atoms with Crippen LogP contribution >= 0.6 is 43.2 Å². The van der Waals surface area contributed by atoms with E-state index in [9.17, 15) is 4.79 Å². The molecule has 0 saturated heterocycles. The van der Waals surface area contributed by atoms with E-state index in [1.54, 1.807) is 11.3 Å². The molecule has 6 heteroatoms. The normalized spacial score (nSPS) is 11.7. The average Bonchev–Trinajstić information content (AvgIpc) is 3.02. The van der Waals surface area contributed by atoms with Gasteiger partial charge in [-0.3, -0.25) is 4.79 Å². The molecular formula is C18H14Br2N2OS. The fourth-order valence-corrected chi connectivity index (χ4v) is 4.21. The maximum Gasteiger partial charge on any atom is 0.244 e. The van der Waals surface area contributed by atoms with E-state index < -0.39 is 0 Å². The predicted molar refractivity (Wildman–Crippen MR) is 108 cm³/mol. The number of nitrogens with one attached hydrogen (secondary N) is 1. The van der Waals surface area contributed by atoms with Crippen molar-refractivity contribution >= 4 is 65.6 Å². The van der Waals surface area contributed by atoms with E-state index in [-0.39, 0.29) is 5.91 Å². The van der Waals surface area contributed by atoms with Gasteiger partial charge in [0.25, 0.3) is 0 Å². The number of carbonyl (C=O) groups is 1. The van der Waals surface area contributed by atoms with Crippen molar-refractivity contribution in [1.29, 1.82) is 0 Å². The summed E-state index contributed by atoms with van der Waals surface area (Å²) in [5, 5.41) is 6.38. The van der Waals surface area contributed by atoms with Crippen LogP contribution in [0.4, 0.5) is 0 Å². The van der Waals surface area contributed by atoms with Gasteiger partial charge in [0.05, 0.1) is 20.8 Å².